The third-order valence-corrected chi connectivity index (χ3v) is 2.31. The summed E-state index contributed by atoms with van der Waals surface area (Å²) in [7, 11) is 0. The van der Waals surface area contributed by atoms with E-state index in [-0.39, 0.29) is 6.54 Å². The van der Waals surface area contributed by atoms with E-state index in [1.807, 2.05) is 11.8 Å². The second-order valence-electron chi connectivity index (χ2n) is 4.59. The Morgan fingerprint density at radius 2 is 2.22 bits per heavy atom. The normalized spacial score (nSPS) is 10.5. The summed E-state index contributed by atoms with van der Waals surface area (Å²) < 4.78 is 0. The van der Waals surface area contributed by atoms with Gasteiger partial charge in [0, 0.05) is 18.3 Å². The fourth-order valence-electron chi connectivity index (χ4n) is 1.68. The minimum Gasteiger partial charge on any atom is -0.368 e. The maximum absolute atomic E-state index is 11.1. The monoisotopic (exact) mass is 252 g/mol. The lowest BCUT2D eigenvalue weighted by molar-refractivity contribution is -0.116. The van der Waals surface area contributed by atoms with Crippen LogP contribution in [0, 0.1) is 12.8 Å². The highest BCUT2D eigenvalue weighted by Gasteiger charge is 2.15. The highest BCUT2D eigenvalue weighted by atomic mass is 16.1. The molecule has 0 saturated heterocycles. The molecular weight excluding hydrogens is 232 g/mol. The van der Waals surface area contributed by atoms with Gasteiger partial charge in [0.2, 0.25) is 11.9 Å². The Hall–Kier alpha value is -1.89. The molecule has 0 aliphatic carbocycles. The molecule has 0 aliphatic heterocycles. The number of aryl methyl sites for hydroxylation is 1. The number of hydrogen-bond donors (Lipinski definition) is 3. The highest BCUT2D eigenvalue weighted by molar-refractivity contribution is 5.79. The predicted octanol–water partition coefficient (Wildman–Crippen LogP) is 0.0183. The average Bonchev–Trinajstić information content (AvgIpc) is 2.27. The minimum atomic E-state index is -0.393. The Morgan fingerprint density at radius 1 is 1.56 bits per heavy atom. The Morgan fingerprint density at radius 3 is 2.72 bits per heavy atom. The van der Waals surface area contributed by atoms with E-state index in [0.29, 0.717) is 24.2 Å². The summed E-state index contributed by atoms with van der Waals surface area (Å²) in [6.07, 6.45) is 1.66. The van der Waals surface area contributed by atoms with Crippen LogP contribution >= 0.6 is 0 Å². The van der Waals surface area contributed by atoms with Crippen molar-refractivity contribution in [2.45, 2.75) is 20.8 Å². The van der Waals surface area contributed by atoms with Crippen LogP contribution in [-0.2, 0) is 4.79 Å². The molecule has 0 atom stereocenters. The summed E-state index contributed by atoms with van der Waals surface area (Å²) in [5.41, 5.74) is 8.52. The van der Waals surface area contributed by atoms with Crippen molar-refractivity contribution in [3.63, 3.8) is 0 Å². The number of primary amides is 1. The SMILES string of the molecule is Cc1cnc(NN)nc1N(CC(N)=O)CC(C)C. The molecule has 0 spiro atoms. The van der Waals surface area contributed by atoms with Crippen molar-refractivity contribution >= 4 is 17.7 Å². The molecule has 100 valence electrons. The summed E-state index contributed by atoms with van der Waals surface area (Å²) in [5, 5.41) is 0. The molecule has 5 N–H and O–H groups in total. The maximum atomic E-state index is 11.1. The van der Waals surface area contributed by atoms with Gasteiger partial charge in [-0.2, -0.15) is 4.98 Å². The molecule has 0 bridgehead atoms. The molecule has 0 unspecified atom stereocenters. The zero-order valence-corrected chi connectivity index (χ0v) is 11.0. The van der Waals surface area contributed by atoms with Gasteiger partial charge in [-0.05, 0) is 12.8 Å². The Balaban J connectivity index is 3.06. The quantitative estimate of drug-likeness (QED) is 0.486. The van der Waals surface area contributed by atoms with E-state index in [1.54, 1.807) is 6.20 Å². The maximum Gasteiger partial charge on any atom is 0.239 e. The third kappa shape index (κ3) is 3.85. The number of amides is 1. The van der Waals surface area contributed by atoms with Gasteiger partial charge in [0.1, 0.15) is 5.82 Å². The molecule has 0 aromatic carbocycles. The first-order chi connectivity index (χ1) is 8.43. The van der Waals surface area contributed by atoms with Gasteiger partial charge in [-0.3, -0.25) is 10.2 Å². The summed E-state index contributed by atoms with van der Waals surface area (Å²) in [5.74, 6) is 6.26. The number of carbonyl (C=O) groups excluding carboxylic acids is 1. The number of hydrogen-bond acceptors (Lipinski definition) is 6. The molecule has 0 fully saturated rings. The number of nitrogens with zero attached hydrogens (tertiary/aromatic N) is 3. The number of hydrazine groups is 1. The van der Waals surface area contributed by atoms with E-state index in [1.165, 1.54) is 0 Å². The summed E-state index contributed by atoms with van der Waals surface area (Å²) in [6.45, 7) is 6.81. The first-order valence-corrected chi connectivity index (χ1v) is 5.77. The van der Waals surface area contributed by atoms with Gasteiger partial charge in [-0.15, -0.1) is 0 Å². The van der Waals surface area contributed by atoms with Crippen LogP contribution in [0.5, 0.6) is 0 Å². The van der Waals surface area contributed by atoms with Crippen molar-refractivity contribution in [3.05, 3.63) is 11.8 Å². The zero-order valence-electron chi connectivity index (χ0n) is 11.0. The topological polar surface area (TPSA) is 110 Å². The second kappa shape index (κ2) is 6.15. The number of carbonyl (C=O) groups is 1. The molecule has 0 radical (unpaired) electrons. The summed E-state index contributed by atoms with van der Waals surface area (Å²) >= 11 is 0. The van der Waals surface area contributed by atoms with Crippen LogP contribution in [0.4, 0.5) is 11.8 Å². The van der Waals surface area contributed by atoms with Gasteiger partial charge in [0.25, 0.3) is 0 Å². The van der Waals surface area contributed by atoms with Crippen LogP contribution in [0.3, 0.4) is 0 Å². The first-order valence-electron chi connectivity index (χ1n) is 5.77. The Bertz CT molecular complexity index is 420. The van der Waals surface area contributed by atoms with Crippen molar-refractivity contribution < 1.29 is 4.79 Å². The van der Waals surface area contributed by atoms with E-state index in [0.717, 1.165) is 5.56 Å². The fraction of sp³-hybridized carbons (Fsp3) is 0.545. The molecule has 7 nitrogen and oxygen atoms in total. The van der Waals surface area contributed by atoms with Crippen LogP contribution in [0.15, 0.2) is 6.20 Å². The Kier molecular flexibility index (Phi) is 4.85. The van der Waals surface area contributed by atoms with Crippen molar-refractivity contribution in [1.82, 2.24) is 9.97 Å². The number of nitrogens with two attached hydrogens (primary N) is 2. The van der Waals surface area contributed by atoms with Crippen LogP contribution in [0.2, 0.25) is 0 Å². The molecule has 0 saturated carbocycles. The van der Waals surface area contributed by atoms with Crippen molar-refractivity contribution in [1.29, 1.82) is 0 Å². The van der Waals surface area contributed by atoms with Crippen LogP contribution < -0.4 is 21.9 Å². The molecule has 0 aliphatic rings. The lowest BCUT2D eigenvalue weighted by atomic mass is 10.2. The van der Waals surface area contributed by atoms with Crippen molar-refractivity contribution in [3.8, 4) is 0 Å². The van der Waals surface area contributed by atoms with E-state index in [4.69, 9.17) is 11.6 Å². The molecule has 1 aromatic rings. The fourth-order valence-corrected chi connectivity index (χ4v) is 1.68. The van der Waals surface area contributed by atoms with Crippen LogP contribution in [0.1, 0.15) is 19.4 Å². The highest BCUT2D eigenvalue weighted by Crippen LogP contribution is 2.18. The first kappa shape index (κ1) is 14.2. The Labute approximate surface area is 107 Å². The third-order valence-electron chi connectivity index (χ3n) is 2.31. The number of rotatable bonds is 6. The number of aromatic nitrogens is 2. The molecule has 7 heteroatoms. The van der Waals surface area contributed by atoms with E-state index in [2.05, 4.69) is 29.2 Å². The molecule has 1 aromatic heterocycles. The lowest BCUT2D eigenvalue weighted by Gasteiger charge is -2.25. The number of nitrogens with one attached hydrogen (secondary N) is 1. The van der Waals surface area contributed by atoms with Crippen LogP contribution in [0.25, 0.3) is 0 Å². The van der Waals surface area contributed by atoms with Gasteiger partial charge in [0.15, 0.2) is 0 Å². The molecular formula is C11H20N6O. The van der Waals surface area contributed by atoms with Crippen molar-refractivity contribution in [2.75, 3.05) is 23.4 Å². The van der Waals surface area contributed by atoms with Crippen molar-refractivity contribution in [2.24, 2.45) is 17.5 Å². The number of anilines is 2. The minimum absolute atomic E-state index is 0.125. The standard InChI is InChI=1S/C11H20N6O/c1-7(2)5-17(6-9(12)18)10-8(3)4-14-11(15-10)16-13/h4,7H,5-6,13H2,1-3H3,(H2,12,18)(H,14,15,16). The predicted molar refractivity (Wildman–Crippen MR) is 70.8 cm³/mol. The van der Waals surface area contributed by atoms with Gasteiger partial charge < -0.3 is 10.6 Å². The van der Waals surface area contributed by atoms with E-state index in [9.17, 15) is 4.79 Å². The van der Waals surface area contributed by atoms with Crippen LogP contribution in [-0.4, -0.2) is 29.0 Å². The second-order valence-corrected chi connectivity index (χ2v) is 4.59. The summed E-state index contributed by atoms with van der Waals surface area (Å²) in [4.78, 5) is 21.2. The molecule has 18 heavy (non-hydrogen) atoms. The van der Waals surface area contributed by atoms with Gasteiger partial charge in [-0.1, -0.05) is 13.8 Å². The molecule has 1 heterocycles. The average molecular weight is 252 g/mol. The van der Waals surface area contributed by atoms with Gasteiger partial charge in [0.05, 0.1) is 6.54 Å². The lowest BCUT2D eigenvalue weighted by Crippen LogP contribution is -2.37. The van der Waals surface area contributed by atoms with Gasteiger partial charge >= 0.3 is 0 Å². The smallest absolute Gasteiger partial charge is 0.239 e. The largest absolute Gasteiger partial charge is 0.368 e. The molecule has 1 amide bonds. The number of nitrogen functional groups attached to an aromatic ring is 1. The van der Waals surface area contributed by atoms with E-state index >= 15 is 0 Å². The molecule has 1 rings (SSSR count). The van der Waals surface area contributed by atoms with Gasteiger partial charge in [-0.25, -0.2) is 10.8 Å². The zero-order chi connectivity index (χ0) is 13.7. The summed E-state index contributed by atoms with van der Waals surface area (Å²) in [6, 6.07) is 0. The van der Waals surface area contributed by atoms with E-state index < -0.39 is 5.91 Å².